The van der Waals surface area contributed by atoms with Gasteiger partial charge in [-0.05, 0) is 31.9 Å². The van der Waals surface area contributed by atoms with Crippen molar-refractivity contribution in [2.45, 2.75) is 38.6 Å². The van der Waals surface area contributed by atoms with Gasteiger partial charge in [0.2, 0.25) is 0 Å². The molecule has 0 bridgehead atoms. The van der Waals surface area contributed by atoms with Gasteiger partial charge in [0.1, 0.15) is 11.2 Å². The van der Waals surface area contributed by atoms with Gasteiger partial charge in [0.25, 0.3) is 11.5 Å². The third-order valence-electron chi connectivity index (χ3n) is 3.86. The smallest absolute Gasteiger partial charge is 0.270 e. The van der Waals surface area contributed by atoms with E-state index in [2.05, 4.69) is 10.3 Å². The first kappa shape index (κ1) is 15.5. The van der Waals surface area contributed by atoms with Crippen LogP contribution in [0.4, 0.5) is 0 Å². The van der Waals surface area contributed by atoms with E-state index in [9.17, 15) is 9.59 Å². The van der Waals surface area contributed by atoms with Crippen LogP contribution in [0, 0.1) is 6.92 Å². The Morgan fingerprint density at radius 3 is 2.76 bits per heavy atom. The maximum absolute atomic E-state index is 12.4. The van der Waals surface area contributed by atoms with Gasteiger partial charge >= 0.3 is 0 Å². The van der Waals surface area contributed by atoms with Gasteiger partial charge in [-0.25, -0.2) is 4.98 Å². The largest absolute Gasteiger partial charge is 0.349 e. The zero-order valence-corrected chi connectivity index (χ0v) is 12.7. The summed E-state index contributed by atoms with van der Waals surface area (Å²) in [6.07, 6.45) is 5.64. The fraction of sp³-hybridized carbons (Fsp3) is 0.400. The van der Waals surface area contributed by atoms with Crippen molar-refractivity contribution in [1.82, 2.24) is 14.7 Å². The van der Waals surface area contributed by atoms with E-state index in [0.29, 0.717) is 5.65 Å². The molecule has 1 amide bonds. The van der Waals surface area contributed by atoms with Crippen molar-refractivity contribution >= 4 is 24.0 Å². The Bertz CT molecular complexity index is 720. The molecule has 2 aromatic heterocycles. The van der Waals surface area contributed by atoms with Crippen molar-refractivity contribution in [1.29, 1.82) is 0 Å². The number of carbonyl (C=O) groups is 1. The van der Waals surface area contributed by atoms with Crippen molar-refractivity contribution < 1.29 is 4.79 Å². The molecule has 0 spiro atoms. The molecule has 5 nitrogen and oxygen atoms in total. The van der Waals surface area contributed by atoms with Crippen molar-refractivity contribution in [2.24, 2.45) is 0 Å². The highest BCUT2D eigenvalue weighted by atomic mass is 35.5. The monoisotopic (exact) mass is 307 g/mol. The highest BCUT2D eigenvalue weighted by molar-refractivity contribution is 5.94. The van der Waals surface area contributed by atoms with Crippen LogP contribution in [0.5, 0.6) is 0 Å². The molecule has 0 unspecified atom stereocenters. The van der Waals surface area contributed by atoms with Gasteiger partial charge in [-0.3, -0.25) is 14.0 Å². The third kappa shape index (κ3) is 2.93. The summed E-state index contributed by atoms with van der Waals surface area (Å²) < 4.78 is 1.48. The lowest BCUT2D eigenvalue weighted by Crippen LogP contribution is -2.37. The standard InChI is InChI=1S/C15H17N3O2.ClH/c1-10-5-4-8-13-16-9-12(15(20)18(10)13)14(19)17-11-6-2-3-7-11;/h4-5,8-9,11H,2-3,6-7H2,1H3,(H,17,19);1H. The molecule has 2 aromatic rings. The average Bonchev–Trinajstić information content (AvgIpc) is 2.91. The van der Waals surface area contributed by atoms with Crippen LogP contribution >= 0.6 is 12.4 Å². The van der Waals surface area contributed by atoms with Crippen LogP contribution in [0.3, 0.4) is 0 Å². The molecule has 0 saturated heterocycles. The maximum atomic E-state index is 12.4. The van der Waals surface area contributed by atoms with Gasteiger partial charge in [0.05, 0.1) is 0 Å². The van der Waals surface area contributed by atoms with Crippen molar-refractivity contribution in [3.63, 3.8) is 0 Å². The first-order valence-corrected chi connectivity index (χ1v) is 6.95. The SMILES string of the molecule is Cc1cccc2ncc(C(=O)NC3CCCC3)c(=O)n12.Cl. The molecule has 0 aliphatic heterocycles. The number of aromatic nitrogens is 2. The number of aryl methyl sites for hydroxylation is 1. The number of hydrogen-bond acceptors (Lipinski definition) is 3. The Morgan fingerprint density at radius 2 is 2.05 bits per heavy atom. The number of hydrogen-bond donors (Lipinski definition) is 1. The minimum atomic E-state index is -0.313. The minimum Gasteiger partial charge on any atom is -0.349 e. The normalized spacial score (nSPS) is 14.9. The van der Waals surface area contributed by atoms with Gasteiger partial charge in [-0.15, -0.1) is 12.4 Å². The maximum Gasteiger partial charge on any atom is 0.270 e. The molecule has 0 radical (unpaired) electrons. The number of pyridine rings is 1. The first-order chi connectivity index (χ1) is 9.66. The summed E-state index contributed by atoms with van der Waals surface area (Å²) in [7, 11) is 0. The Morgan fingerprint density at radius 1 is 1.33 bits per heavy atom. The Balaban J connectivity index is 0.00000161. The van der Waals surface area contributed by atoms with E-state index in [0.717, 1.165) is 31.4 Å². The predicted molar refractivity (Wildman–Crippen MR) is 83.2 cm³/mol. The second kappa shape index (κ2) is 6.26. The number of carbonyl (C=O) groups excluding carboxylic acids is 1. The summed E-state index contributed by atoms with van der Waals surface area (Å²) >= 11 is 0. The summed E-state index contributed by atoms with van der Waals surface area (Å²) in [6.45, 7) is 1.83. The van der Waals surface area contributed by atoms with E-state index in [1.807, 2.05) is 19.1 Å². The Kier molecular flexibility index (Phi) is 4.63. The van der Waals surface area contributed by atoms with Gasteiger partial charge in [-0.2, -0.15) is 0 Å². The van der Waals surface area contributed by atoms with E-state index < -0.39 is 0 Å². The lowest BCUT2D eigenvalue weighted by Gasteiger charge is -2.12. The zero-order chi connectivity index (χ0) is 14.1. The molecule has 6 heteroatoms. The fourth-order valence-electron chi connectivity index (χ4n) is 2.76. The topological polar surface area (TPSA) is 63.5 Å². The molecule has 1 aliphatic rings. The van der Waals surface area contributed by atoms with Crippen molar-refractivity contribution in [2.75, 3.05) is 0 Å². The zero-order valence-electron chi connectivity index (χ0n) is 11.8. The van der Waals surface area contributed by atoms with E-state index in [1.54, 1.807) is 6.07 Å². The molecule has 21 heavy (non-hydrogen) atoms. The number of nitrogens with one attached hydrogen (secondary N) is 1. The molecule has 1 saturated carbocycles. The summed E-state index contributed by atoms with van der Waals surface area (Å²) in [5.41, 5.74) is 1.15. The second-order valence-corrected chi connectivity index (χ2v) is 5.29. The number of fused-ring (bicyclic) bond motifs is 1. The van der Waals surface area contributed by atoms with Crippen LogP contribution in [0.1, 0.15) is 41.7 Å². The fourth-order valence-corrected chi connectivity index (χ4v) is 2.76. The molecule has 1 aliphatic carbocycles. The van der Waals surface area contributed by atoms with Crippen LogP contribution in [0.2, 0.25) is 0 Å². The van der Waals surface area contributed by atoms with Crippen molar-refractivity contribution in [3.8, 4) is 0 Å². The molecular weight excluding hydrogens is 290 g/mol. The molecule has 0 atom stereocenters. The Labute approximate surface area is 128 Å². The molecule has 1 fully saturated rings. The summed E-state index contributed by atoms with van der Waals surface area (Å²) in [5, 5.41) is 2.93. The average molecular weight is 308 g/mol. The number of nitrogens with zero attached hydrogens (tertiary/aromatic N) is 2. The van der Waals surface area contributed by atoms with Gasteiger partial charge < -0.3 is 5.32 Å². The lowest BCUT2D eigenvalue weighted by molar-refractivity contribution is 0.0936. The van der Waals surface area contributed by atoms with E-state index in [4.69, 9.17) is 0 Å². The highest BCUT2D eigenvalue weighted by Crippen LogP contribution is 2.17. The van der Waals surface area contributed by atoms with E-state index in [1.165, 1.54) is 10.6 Å². The second-order valence-electron chi connectivity index (χ2n) is 5.29. The molecular formula is C15H18ClN3O2. The summed E-state index contributed by atoms with van der Waals surface area (Å²) in [5.74, 6) is -0.313. The molecule has 2 heterocycles. The molecule has 3 rings (SSSR count). The van der Waals surface area contributed by atoms with Crippen LogP contribution in [0.15, 0.2) is 29.2 Å². The number of amides is 1. The van der Waals surface area contributed by atoms with E-state index in [-0.39, 0.29) is 35.5 Å². The molecule has 112 valence electrons. The molecule has 0 aromatic carbocycles. The minimum absolute atomic E-state index is 0. The number of halogens is 1. The Hall–Kier alpha value is -1.88. The number of rotatable bonds is 2. The summed E-state index contributed by atoms with van der Waals surface area (Å²) in [4.78, 5) is 28.8. The van der Waals surface area contributed by atoms with Crippen LogP contribution in [-0.2, 0) is 0 Å². The van der Waals surface area contributed by atoms with Crippen LogP contribution in [0.25, 0.3) is 5.65 Å². The van der Waals surface area contributed by atoms with E-state index >= 15 is 0 Å². The van der Waals surface area contributed by atoms with Crippen molar-refractivity contribution in [3.05, 3.63) is 46.0 Å². The predicted octanol–water partition coefficient (Wildman–Crippen LogP) is 2.10. The first-order valence-electron chi connectivity index (χ1n) is 6.95. The highest BCUT2D eigenvalue weighted by Gasteiger charge is 2.20. The van der Waals surface area contributed by atoms with Crippen LogP contribution < -0.4 is 10.9 Å². The van der Waals surface area contributed by atoms with Gasteiger partial charge in [0.15, 0.2) is 0 Å². The quantitative estimate of drug-likeness (QED) is 0.924. The van der Waals surface area contributed by atoms with Gasteiger partial charge in [0, 0.05) is 17.9 Å². The lowest BCUT2D eigenvalue weighted by atomic mass is 10.2. The van der Waals surface area contributed by atoms with Gasteiger partial charge in [-0.1, -0.05) is 18.9 Å². The summed E-state index contributed by atoms with van der Waals surface area (Å²) in [6, 6.07) is 5.62. The molecule has 1 N–H and O–H groups in total. The third-order valence-corrected chi connectivity index (χ3v) is 3.86. The van der Waals surface area contributed by atoms with Crippen LogP contribution in [-0.4, -0.2) is 21.3 Å².